The highest BCUT2D eigenvalue weighted by Gasteiger charge is 2.23. The largest absolute Gasteiger partial charge is 0.475 e. The van der Waals surface area contributed by atoms with Crippen molar-refractivity contribution in [2.24, 2.45) is 7.05 Å². The van der Waals surface area contributed by atoms with Gasteiger partial charge in [-0.25, -0.2) is 4.39 Å². The second-order valence-electron chi connectivity index (χ2n) is 12.0. The number of thiophene rings is 1. The van der Waals surface area contributed by atoms with Crippen LogP contribution >= 0.6 is 11.3 Å². The SMILES string of the molecule is C=CC(=O)N[C@@H](C)COc1cccc(Nc2cc(-c3cc(F)cc(-n4ncc5c6c(sc5c4=O)CCCC6)c3COC(C)=O)cn(C)c2=O)n1. The number of halogens is 1. The van der Waals surface area contributed by atoms with Crippen molar-refractivity contribution in [2.45, 2.75) is 52.2 Å². The zero-order chi connectivity index (χ0) is 35.5. The van der Waals surface area contributed by atoms with Gasteiger partial charge in [-0.1, -0.05) is 12.6 Å². The van der Waals surface area contributed by atoms with Crippen LogP contribution in [0.2, 0.25) is 0 Å². The van der Waals surface area contributed by atoms with Crippen molar-refractivity contribution < 1.29 is 23.5 Å². The van der Waals surface area contributed by atoms with Gasteiger partial charge in [-0.2, -0.15) is 14.8 Å². The maximum atomic E-state index is 15.5. The van der Waals surface area contributed by atoms with Gasteiger partial charge in [0.25, 0.3) is 11.1 Å². The van der Waals surface area contributed by atoms with Crippen molar-refractivity contribution in [3.8, 4) is 22.7 Å². The van der Waals surface area contributed by atoms with Gasteiger partial charge in [-0.3, -0.25) is 19.2 Å². The molecule has 0 fully saturated rings. The zero-order valence-corrected chi connectivity index (χ0v) is 28.6. The van der Waals surface area contributed by atoms with Crippen LogP contribution in [0.25, 0.3) is 26.9 Å². The number of nitrogens with one attached hydrogen (secondary N) is 2. The summed E-state index contributed by atoms with van der Waals surface area (Å²) in [4.78, 5) is 56.4. The summed E-state index contributed by atoms with van der Waals surface area (Å²) in [5, 5.41) is 11.0. The minimum atomic E-state index is -0.658. The molecule has 1 atom stereocenters. The lowest BCUT2D eigenvalue weighted by molar-refractivity contribution is -0.142. The molecular formula is C36H35FN6O6S. The molecule has 12 nitrogen and oxygen atoms in total. The number of carbonyl (C=O) groups is 2. The van der Waals surface area contributed by atoms with E-state index in [1.807, 2.05) is 0 Å². The Bertz CT molecular complexity index is 2260. The second kappa shape index (κ2) is 14.5. The molecule has 14 heteroatoms. The van der Waals surface area contributed by atoms with Gasteiger partial charge in [0.05, 0.1) is 17.9 Å². The molecule has 0 radical (unpaired) electrons. The number of pyridine rings is 2. The predicted octanol–water partition coefficient (Wildman–Crippen LogP) is 5.10. The van der Waals surface area contributed by atoms with Gasteiger partial charge in [-0.15, -0.1) is 11.3 Å². The van der Waals surface area contributed by atoms with Gasteiger partial charge in [0.15, 0.2) is 0 Å². The number of fused-ring (bicyclic) bond motifs is 3. The predicted molar refractivity (Wildman–Crippen MR) is 189 cm³/mol. The number of hydrogen-bond acceptors (Lipinski definition) is 10. The smallest absolute Gasteiger partial charge is 0.302 e. The van der Waals surface area contributed by atoms with Gasteiger partial charge < -0.3 is 24.7 Å². The minimum Gasteiger partial charge on any atom is -0.475 e. The molecular weight excluding hydrogens is 663 g/mol. The van der Waals surface area contributed by atoms with E-state index in [0.29, 0.717) is 27.2 Å². The van der Waals surface area contributed by atoms with E-state index in [1.54, 1.807) is 38.4 Å². The average molecular weight is 699 g/mol. The molecule has 1 aliphatic carbocycles. The molecule has 2 N–H and O–H groups in total. The fraction of sp³-hybridized carbons (Fsp3) is 0.278. The molecule has 1 aromatic carbocycles. The first-order valence-electron chi connectivity index (χ1n) is 16.0. The Labute approximate surface area is 290 Å². The van der Waals surface area contributed by atoms with E-state index < -0.39 is 22.9 Å². The standard InChI is InChI=1S/C36H35FN6O6S/c1-5-32(45)39-20(2)18-49-33-12-8-11-31(41-33)40-28-13-22(17-42(4)35(28)46)25-14-23(37)15-29(27(25)19-48-21(3)44)43-36(47)34-26(16-38-43)24-9-6-7-10-30(24)50-34/h5,8,11-17,20H,1,6-7,9-10,18-19H2,2-4H3,(H,39,45)(H,40,41)/t20-/m0/s1. The van der Waals surface area contributed by atoms with Crippen LogP contribution in [-0.2, 0) is 40.8 Å². The number of rotatable bonds is 11. The number of aryl methyl sites for hydroxylation is 3. The van der Waals surface area contributed by atoms with Crippen molar-refractivity contribution in [3.63, 3.8) is 0 Å². The molecule has 258 valence electrons. The Morgan fingerprint density at radius 2 is 1.96 bits per heavy atom. The normalized spacial score (nSPS) is 13.0. The first-order chi connectivity index (χ1) is 24.0. The molecule has 4 aromatic heterocycles. The van der Waals surface area contributed by atoms with Crippen molar-refractivity contribution >= 4 is 44.8 Å². The maximum Gasteiger partial charge on any atom is 0.302 e. The fourth-order valence-corrected chi connectivity index (χ4v) is 7.21. The van der Waals surface area contributed by atoms with Gasteiger partial charge in [0.2, 0.25) is 11.8 Å². The molecule has 5 aromatic rings. The highest BCUT2D eigenvalue weighted by molar-refractivity contribution is 7.19. The number of ether oxygens (including phenoxy) is 2. The van der Waals surface area contributed by atoms with Crippen LogP contribution in [0.5, 0.6) is 5.88 Å². The zero-order valence-electron chi connectivity index (χ0n) is 27.7. The van der Waals surface area contributed by atoms with Gasteiger partial charge in [-0.05, 0) is 68.0 Å². The first-order valence-corrected chi connectivity index (χ1v) is 16.8. The molecule has 50 heavy (non-hydrogen) atoms. The van der Waals surface area contributed by atoms with Crippen LogP contribution in [0.4, 0.5) is 15.9 Å². The Hall–Kier alpha value is -5.63. The number of carbonyl (C=O) groups excluding carboxylic acids is 2. The summed E-state index contributed by atoms with van der Waals surface area (Å²) in [7, 11) is 1.55. The molecule has 0 spiro atoms. The third-order valence-electron chi connectivity index (χ3n) is 8.28. The number of anilines is 2. The molecule has 0 saturated carbocycles. The van der Waals surface area contributed by atoms with E-state index in [-0.39, 0.29) is 42.4 Å². The number of nitrogens with zero attached hydrogens (tertiary/aromatic N) is 4. The fourth-order valence-electron chi connectivity index (χ4n) is 5.92. The number of aromatic nitrogens is 4. The highest BCUT2D eigenvalue weighted by Crippen LogP contribution is 2.36. The van der Waals surface area contributed by atoms with Crippen LogP contribution < -0.4 is 26.5 Å². The molecule has 0 bridgehead atoms. The summed E-state index contributed by atoms with van der Waals surface area (Å²) in [5.74, 6) is -1.01. The van der Waals surface area contributed by atoms with Crippen molar-refractivity contribution in [1.82, 2.24) is 24.6 Å². The van der Waals surface area contributed by atoms with Crippen LogP contribution in [0, 0.1) is 5.82 Å². The molecule has 0 aliphatic heterocycles. The number of hydrogen-bond donors (Lipinski definition) is 2. The molecule has 0 saturated heterocycles. The minimum absolute atomic E-state index is 0.117. The molecule has 4 heterocycles. The average Bonchev–Trinajstić information content (AvgIpc) is 3.48. The quantitative estimate of drug-likeness (QED) is 0.142. The molecule has 6 rings (SSSR count). The van der Waals surface area contributed by atoms with Gasteiger partial charge >= 0.3 is 5.97 Å². The second-order valence-corrected chi connectivity index (χ2v) is 13.1. The Balaban J connectivity index is 1.39. The van der Waals surface area contributed by atoms with E-state index in [0.717, 1.165) is 41.3 Å². The van der Waals surface area contributed by atoms with E-state index in [4.69, 9.17) is 9.47 Å². The summed E-state index contributed by atoms with van der Waals surface area (Å²) in [6.45, 7) is 6.31. The van der Waals surface area contributed by atoms with E-state index in [1.165, 1.54) is 58.2 Å². The molecule has 1 aliphatic rings. The summed E-state index contributed by atoms with van der Waals surface area (Å²) < 4.78 is 29.7. The maximum absolute atomic E-state index is 15.5. The van der Waals surface area contributed by atoms with Gasteiger partial charge in [0, 0.05) is 53.7 Å². The topological polar surface area (TPSA) is 146 Å². The third-order valence-corrected chi connectivity index (χ3v) is 9.57. The number of benzene rings is 1. The molecule has 1 amide bonds. The summed E-state index contributed by atoms with van der Waals surface area (Å²) in [6.07, 6.45) is 8.24. The highest BCUT2D eigenvalue weighted by atomic mass is 32.1. The lowest BCUT2D eigenvalue weighted by atomic mass is 9.97. The monoisotopic (exact) mass is 698 g/mol. The van der Waals surface area contributed by atoms with Crippen molar-refractivity contribution in [2.75, 3.05) is 11.9 Å². The van der Waals surface area contributed by atoms with Crippen molar-refractivity contribution in [1.29, 1.82) is 0 Å². The first kappa shape index (κ1) is 34.2. The molecule has 0 unspecified atom stereocenters. The van der Waals surface area contributed by atoms with Crippen LogP contribution in [0.15, 0.2) is 71.0 Å². The summed E-state index contributed by atoms with van der Waals surface area (Å²) in [5.41, 5.74) is 1.61. The van der Waals surface area contributed by atoms with Crippen LogP contribution in [0.3, 0.4) is 0 Å². The van der Waals surface area contributed by atoms with Crippen LogP contribution in [0.1, 0.15) is 42.7 Å². The van der Waals surface area contributed by atoms with E-state index in [2.05, 4.69) is 27.3 Å². The summed E-state index contributed by atoms with van der Waals surface area (Å²) >= 11 is 1.45. The number of esters is 1. The Morgan fingerprint density at radius 1 is 1.16 bits per heavy atom. The van der Waals surface area contributed by atoms with Gasteiger partial charge in [0.1, 0.15) is 35.2 Å². The third kappa shape index (κ3) is 7.20. The number of amides is 1. The van der Waals surface area contributed by atoms with Crippen molar-refractivity contribution in [3.05, 3.63) is 104 Å². The lowest BCUT2D eigenvalue weighted by Gasteiger charge is -2.18. The van der Waals surface area contributed by atoms with E-state index >= 15 is 4.39 Å². The lowest BCUT2D eigenvalue weighted by Crippen LogP contribution is -2.35. The summed E-state index contributed by atoms with van der Waals surface area (Å²) in [6, 6.07) is 8.64. The van der Waals surface area contributed by atoms with E-state index in [9.17, 15) is 19.2 Å². The Kier molecular flexibility index (Phi) is 9.90. The van der Waals surface area contributed by atoms with Crippen LogP contribution in [-0.4, -0.2) is 43.9 Å². The Morgan fingerprint density at radius 3 is 2.74 bits per heavy atom.